The molecule has 0 nitrogen and oxygen atoms in total. The second-order valence-corrected chi connectivity index (χ2v) is 7.11. The molecule has 0 heterocycles. The van der Waals surface area contributed by atoms with Crippen LogP contribution >= 0.6 is 0 Å². The van der Waals surface area contributed by atoms with Crippen LogP contribution in [-0.2, 0) is 0 Å². The van der Waals surface area contributed by atoms with Gasteiger partial charge in [0.2, 0.25) is 0 Å². The largest absolute Gasteiger partial charge is 0.0599 e. The maximum Gasteiger partial charge on any atom is -0.0266 e. The van der Waals surface area contributed by atoms with E-state index in [4.69, 9.17) is 0 Å². The molecule has 0 radical (unpaired) electrons. The van der Waals surface area contributed by atoms with E-state index in [-0.39, 0.29) is 0 Å². The van der Waals surface area contributed by atoms with Gasteiger partial charge < -0.3 is 0 Å². The molecule has 1 spiro atoms. The Morgan fingerprint density at radius 2 is 1.64 bits per heavy atom. The molecule has 3 rings (SSSR count). The van der Waals surface area contributed by atoms with Gasteiger partial charge in [0.15, 0.2) is 0 Å². The van der Waals surface area contributed by atoms with E-state index in [1.807, 2.05) is 0 Å². The van der Waals surface area contributed by atoms with Crippen molar-refractivity contribution in [3.8, 4) is 0 Å². The van der Waals surface area contributed by atoms with E-state index < -0.39 is 0 Å². The second kappa shape index (κ2) is 2.77. The van der Waals surface area contributed by atoms with Crippen molar-refractivity contribution < 1.29 is 0 Å². The van der Waals surface area contributed by atoms with Gasteiger partial charge in [0.1, 0.15) is 0 Å². The van der Waals surface area contributed by atoms with Crippen molar-refractivity contribution in [1.82, 2.24) is 0 Å². The third-order valence-electron chi connectivity index (χ3n) is 5.70. The summed E-state index contributed by atoms with van der Waals surface area (Å²) < 4.78 is 0. The average Bonchev–Trinajstić information content (AvgIpc) is 2.71. The Hall–Kier alpha value is 0. The van der Waals surface area contributed by atoms with Crippen LogP contribution in [0.5, 0.6) is 0 Å². The Morgan fingerprint density at radius 3 is 2.14 bits per heavy atom. The summed E-state index contributed by atoms with van der Waals surface area (Å²) in [4.78, 5) is 0. The molecule has 0 aromatic carbocycles. The van der Waals surface area contributed by atoms with Crippen LogP contribution in [-0.4, -0.2) is 0 Å². The lowest BCUT2D eigenvalue weighted by molar-refractivity contribution is 0.0481. The van der Waals surface area contributed by atoms with E-state index in [1.165, 1.54) is 12.8 Å². The molecule has 3 aliphatic rings. The summed E-state index contributed by atoms with van der Waals surface area (Å²) in [5, 5.41) is 0. The summed E-state index contributed by atoms with van der Waals surface area (Å²) in [6.07, 6.45) is 12.4. The zero-order chi connectivity index (χ0) is 9.81. The molecule has 3 aliphatic carbocycles. The Balaban J connectivity index is 1.75. The minimum Gasteiger partial charge on any atom is -0.0599 e. The Bertz CT molecular complexity index is 228. The molecular weight excluding hydrogens is 168 g/mol. The van der Waals surface area contributed by atoms with Crippen molar-refractivity contribution in [3.63, 3.8) is 0 Å². The molecule has 0 aromatic rings. The number of rotatable bonds is 0. The van der Waals surface area contributed by atoms with Gasteiger partial charge in [0.05, 0.1) is 0 Å². The van der Waals surface area contributed by atoms with Gasteiger partial charge >= 0.3 is 0 Å². The van der Waals surface area contributed by atoms with Crippen LogP contribution in [0.4, 0.5) is 0 Å². The monoisotopic (exact) mass is 192 g/mol. The number of hydrogen-bond acceptors (Lipinski definition) is 0. The Kier molecular flexibility index (Phi) is 1.83. The normalized spacial score (nSPS) is 43.3. The highest BCUT2D eigenvalue weighted by molar-refractivity contribution is 5.03. The molecule has 0 heteroatoms. The first-order valence-electron chi connectivity index (χ1n) is 6.60. The standard InChI is InChI=1S/C14H24/c1-13(2)5-7-14(8-6-13)10-11-3-4-12(14)9-11/h11-12H,3-10H2,1-2H3. The molecule has 0 saturated heterocycles. The molecule has 0 amide bonds. The van der Waals surface area contributed by atoms with Gasteiger partial charge in [-0.2, -0.15) is 0 Å². The Morgan fingerprint density at radius 1 is 0.929 bits per heavy atom. The van der Waals surface area contributed by atoms with E-state index in [1.54, 1.807) is 38.5 Å². The van der Waals surface area contributed by atoms with Crippen molar-refractivity contribution in [2.75, 3.05) is 0 Å². The first kappa shape index (κ1) is 9.24. The van der Waals surface area contributed by atoms with Crippen molar-refractivity contribution in [2.45, 2.75) is 65.2 Å². The van der Waals surface area contributed by atoms with E-state index in [0.29, 0.717) is 5.41 Å². The summed E-state index contributed by atoms with van der Waals surface area (Å²) in [5.41, 5.74) is 1.51. The van der Waals surface area contributed by atoms with Gasteiger partial charge in [-0.3, -0.25) is 0 Å². The summed E-state index contributed by atoms with van der Waals surface area (Å²) in [5.74, 6) is 2.28. The van der Waals surface area contributed by atoms with Crippen LogP contribution in [0.15, 0.2) is 0 Å². The van der Waals surface area contributed by atoms with Crippen LogP contribution in [0.1, 0.15) is 65.2 Å². The molecule has 2 atom stereocenters. The van der Waals surface area contributed by atoms with Crippen LogP contribution in [0, 0.1) is 22.7 Å². The summed E-state index contributed by atoms with van der Waals surface area (Å²) in [7, 11) is 0. The molecular formula is C14H24. The van der Waals surface area contributed by atoms with E-state index >= 15 is 0 Å². The lowest BCUT2D eigenvalue weighted by Gasteiger charge is -2.46. The zero-order valence-corrected chi connectivity index (χ0v) is 9.81. The molecule has 0 aliphatic heterocycles. The average molecular weight is 192 g/mol. The molecule has 0 aromatic heterocycles. The molecule has 2 bridgehead atoms. The fourth-order valence-electron chi connectivity index (χ4n) is 4.60. The minimum atomic E-state index is 0.660. The highest BCUT2D eigenvalue weighted by Gasteiger charge is 2.52. The summed E-state index contributed by atoms with van der Waals surface area (Å²) >= 11 is 0. The quantitative estimate of drug-likeness (QED) is 0.534. The van der Waals surface area contributed by atoms with Gasteiger partial charge in [0.25, 0.3) is 0 Å². The van der Waals surface area contributed by atoms with E-state index in [9.17, 15) is 0 Å². The van der Waals surface area contributed by atoms with Crippen molar-refractivity contribution >= 4 is 0 Å². The fourth-order valence-corrected chi connectivity index (χ4v) is 4.60. The SMILES string of the molecule is CC1(C)CCC2(CC1)CC1CCC2C1. The van der Waals surface area contributed by atoms with Crippen molar-refractivity contribution in [2.24, 2.45) is 22.7 Å². The molecule has 0 N–H and O–H groups in total. The van der Waals surface area contributed by atoms with Gasteiger partial charge in [-0.05, 0) is 67.6 Å². The maximum absolute atomic E-state index is 2.47. The first-order valence-corrected chi connectivity index (χ1v) is 6.60. The molecule has 3 fully saturated rings. The molecule has 3 saturated carbocycles. The molecule has 2 unspecified atom stereocenters. The van der Waals surface area contributed by atoms with Gasteiger partial charge in [-0.25, -0.2) is 0 Å². The van der Waals surface area contributed by atoms with Crippen molar-refractivity contribution in [3.05, 3.63) is 0 Å². The topological polar surface area (TPSA) is 0 Å². The fraction of sp³-hybridized carbons (Fsp3) is 1.00. The van der Waals surface area contributed by atoms with Crippen LogP contribution in [0.2, 0.25) is 0 Å². The number of fused-ring (bicyclic) bond motifs is 3. The third kappa shape index (κ3) is 1.26. The van der Waals surface area contributed by atoms with Gasteiger partial charge in [0, 0.05) is 0 Å². The number of hydrogen-bond donors (Lipinski definition) is 0. The lowest BCUT2D eigenvalue weighted by Crippen LogP contribution is -2.35. The Labute approximate surface area is 88.5 Å². The van der Waals surface area contributed by atoms with Crippen LogP contribution in [0.25, 0.3) is 0 Å². The van der Waals surface area contributed by atoms with Crippen LogP contribution in [0.3, 0.4) is 0 Å². The second-order valence-electron chi connectivity index (χ2n) is 7.11. The van der Waals surface area contributed by atoms with Gasteiger partial charge in [-0.1, -0.05) is 20.3 Å². The smallest absolute Gasteiger partial charge is 0.0266 e. The van der Waals surface area contributed by atoms with E-state index in [0.717, 1.165) is 17.3 Å². The lowest BCUT2D eigenvalue weighted by atomic mass is 9.59. The van der Waals surface area contributed by atoms with Crippen molar-refractivity contribution in [1.29, 1.82) is 0 Å². The highest BCUT2D eigenvalue weighted by Crippen LogP contribution is 2.63. The summed E-state index contributed by atoms with van der Waals surface area (Å²) in [6, 6.07) is 0. The molecule has 14 heavy (non-hydrogen) atoms. The zero-order valence-electron chi connectivity index (χ0n) is 9.81. The van der Waals surface area contributed by atoms with Gasteiger partial charge in [-0.15, -0.1) is 0 Å². The molecule has 80 valence electrons. The third-order valence-corrected chi connectivity index (χ3v) is 5.70. The maximum atomic E-state index is 2.47. The highest BCUT2D eigenvalue weighted by atomic mass is 14.6. The minimum absolute atomic E-state index is 0.660. The predicted molar refractivity (Wildman–Crippen MR) is 60.1 cm³/mol. The van der Waals surface area contributed by atoms with Crippen LogP contribution < -0.4 is 0 Å². The first-order chi connectivity index (χ1) is 6.60. The summed E-state index contributed by atoms with van der Waals surface area (Å²) in [6.45, 7) is 4.93. The van der Waals surface area contributed by atoms with E-state index in [2.05, 4.69) is 13.8 Å². The predicted octanol–water partition coefficient (Wildman–Crippen LogP) is 4.39.